The number of hydrogen-bond acceptors (Lipinski definition) is 7. The number of methoxy groups -OCH3 is 1. The van der Waals surface area contributed by atoms with Gasteiger partial charge in [0.15, 0.2) is 5.17 Å². The van der Waals surface area contributed by atoms with Crippen LogP contribution in [-0.2, 0) is 14.3 Å². The Bertz CT molecular complexity index is 1220. The number of esters is 1. The lowest BCUT2D eigenvalue weighted by atomic mass is 10.2. The van der Waals surface area contributed by atoms with Crippen LogP contribution in [0.2, 0.25) is 0 Å². The Hall–Kier alpha value is -3.46. The molecule has 1 fully saturated rings. The second-order valence-corrected chi connectivity index (χ2v) is 7.74. The predicted molar refractivity (Wildman–Crippen MR) is 116 cm³/mol. The average Bonchev–Trinajstić information content (AvgIpc) is 3.06. The Kier molecular flexibility index (Phi) is 5.37. The number of amides is 1. The van der Waals surface area contributed by atoms with Crippen molar-refractivity contribution in [3.05, 3.63) is 70.8 Å². The van der Waals surface area contributed by atoms with Gasteiger partial charge in [0.05, 0.1) is 30.1 Å². The summed E-state index contributed by atoms with van der Waals surface area (Å²) < 4.78 is 5.90. The van der Waals surface area contributed by atoms with Crippen LogP contribution in [0.25, 0.3) is 10.9 Å². The minimum absolute atomic E-state index is 0.0911. The Labute approximate surface area is 176 Å². The van der Waals surface area contributed by atoms with Crippen LogP contribution in [0.15, 0.2) is 64.5 Å². The fourth-order valence-electron chi connectivity index (χ4n) is 3.15. The molecule has 8 nitrogen and oxygen atoms in total. The summed E-state index contributed by atoms with van der Waals surface area (Å²) >= 11 is 1.12. The second kappa shape index (κ2) is 8.11. The monoisotopic (exact) mass is 422 g/mol. The van der Waals surface area contributed by atoms with E-state index < -0.39 is 11.2 Å². The third-order valence-electron chi connectivity index (χ3n) is 4.63. The molecule has 1 aliphatic rings. The highest BCUT2D eigenvalue weighted by Crippen LogP contribution is 2.33. The van der Waals surface area contributed by atoms with E-state index >= 15 is 0 Å². The molecule has 1 saturated heterocycles. The third kappa shape index (κ3) is 3.59. The minimum Gasteiger partial charge on any atom is -0.469 e. The summed E-state index contributed by atoms with van der Waals surface area (Å²) in [5.74, 6) is -0.394. The number of amidine groups is 1. The van der Waals surface area contributed by atoms with Gasteiger partial charge in [-0.1, -0.05) is 42.1 Å². The molecule has 1 aromatic heterocycles. The number of nitrogens with zero attached hydrogens (tertiary/aromatic N) is 4. The summed E-state index contributed by atoms with van der Waals surface area (Å²) in [6, 6.07) is 16.0. The molecule has 1 aliphatic heterocycles. The van der Waals surface area contributed by atoms with E-state index in [0.717, 1.165) is 11.8 Å². The van der Waals surface area contributed by atoms with Crippen molar-refractivity contribution in [2.24, 2.45) is 5.10 Å². The number of hydrogen-bond donors (Lipinski definition) is 0. The van der Waals surface area contributed by atoms with E-state index in [-0.39, 0.29) is 17.9 Å². The van der Waals surface area contributed by atoms with E-state index in [0.29, 0.717) is 27.6 Å². The van der Waals surface area contributed by atoms with Gasteiger partial charge in [0.1, 0.15) is 11.1 Å². The SMILES string of the molecule is COC(=O)CC1S/C(=N\n2c(C)nc3ccccc3c2=O)N(c2ccccc2)C1=O. The molecule has 2 aromatic carbocycles. The zero-order valence-electron chi connectivity index (χ0n) is 16.3. The van der Waals surface area contributed by atoms with Crippen LogP contribution < -0.4 is 10.5 Å². The molecule has 1 unspecified atom stereocenters. The van der Waals surface area contributed by atoms with Crippen LogP contribution in [0, 0.1) is 6.92 Å². The van der Waals surface area contributed by atoms with E-state index in [4.69, 9.17) is 4.74 Å². The molecule has 9 heteroatoms. The average molecular weight is 422 g/mol. The summed E-state index contributed by atoms with van der Waals surface area (Å²) in [4.78, 5) is 43.7. The van der Waals surface area contributed by atoms with Crippen molar-refractivity contribution < 1.29 is 14.3 Å². The molecule has 1 atom stereocenters. The molecular formula is C21H18N4O4S. The van der Waals surface area contributed by atoms with Crippen molar-refractivity contribution in [1.82, 2.24) is 9.66 Å². The molecule has 152 valence electrons. The number of fused-ring (bicyclic) bond motifs is 1. The molecule has 0 spiro atoms. The molecule has 4 rings (SSSR count). The van der Waals surface area contributed by atoms with Gasteiger partial charge >= 0.3 is 5.97 Å². The summed E-state index contributed by atoms with van der Waals surface area (Å²) in [6.45, 7) is 1.68. The quantitative estimate of drug-likeness (QED) is 0.600. The van der Waals surface area contributed by atoms with Crippen molar-refractivity contribution >= 4 is 45.4 Å². The molecule has 0 saturated carbocycles. The Morgan fingerprint density at radius 1 is 1.13 bits per heavy atom. The van der Waals surface area contributed by atoms with Crippen molar-refractivity contribution in [2.75, 3.05) is 12.0 Å². The lowest BCUT2D eigenvalue weighted by Gasteiger charge is -2.16. The van der Waals surface area contributed by atoms with Gasteiger partial charge in [0.2, 0.25) is 5.91 Å². The van der Waals surface area contributed by atoms with E-state index in [1.165, 1.54) is 16.7 Å². The van der Waals surface area contributed by atoms with Gasteiger partial charge in [-0.15, -0.1) is 5.10 Å². The van der Waals surface area contributed by atoms with Crippen LogP contribution in [0.3, 0.4) is 0 Å². The number of carbonyl (C=O) groups is 2. The topological polar surface area (TPSA) is 93.9 Å². The molecule has 2 heterocycles. The summed E-state index contributed by atoms with van der Waals surface area (Å²) in [7, 11) is 1.28. The lowest BCUT2D eigenvalue weighted by molar-refractivity contribution is -0.141. The van der Waals surface area contributed by atoms with Gasteiger partial charge in [0, 0.05) is 0 Å². The van der Waals surface area contributed by atoms with Crippen LogP contribution in [-0.4, -0.2) is 39.1 Å². The summed E-state index contributed by atoms with van der Waals surface area (Å²) in [5, 5.41) is 4.50. The number of benzene rings is 2. The van der Waals surface area contributed by atoms with E-state index in [1.54, 1.807) is 49.4 Å². The molecular weight excluding hydrogens is 404 g/mol. The standard InChI is InChI=1S/C21H18N4O4S/c1-13-22-16-11-7-6-10-15(16)19(27)25(13)23-21-24(14-8-4-3-5-9-14)20(28)17(30-21)12-18(26)29-2/h3-11,17H,12H2,1-2H3/b23-21-. The Morgan fingerprint density at radius 2 is 1.83 bits per heavy atom. The Balaban J connectivity index is 1.83. The normalized spacial score (nSPS) is 17.7. The van der Waals surface area contributed by atoms with Crippen LogP contribution >= 0.6 is 11.8 Å². The number of aromatic nitrogens is 2. The molecule has 0 aliphatic carbocycles. The van der Waals surface area contributed by atoms with Crippen LogP contribution in [0.1, 0.15) is 12.2 Å². The van der Waals surface area contributed by atoms with Gasteiger partial charge < -0.3 is 4.74 Å². The number of rotatable bonds is 4. The number of ether oxygens (including phenoxy) is 1. The van der Waals surface area contributed by atoms with Gasteiger partial charge in [-0.2, -0.15) is 4.68 Å². The van der Waals surface area contributed by atoms with E-state index in [2.05, 4.69) is 10.1 Å². The molecule has 0 N–H and O–H groups in total. The second-order valence-electron chi connectivity index (χ2n) is 6.57. The fourth-order valence-corrected chi connectivity index (χ4v) is 4.26. The lowest BCUT2D eigenvalue weighted by Crippen LogP contribution is -2.34. The molecule has 0 bridgehead atoms. The van der Waals surface area contributed by atoms with Crippen LogP contribution in [0.5, 0.6) is 0 Å². The van der Waals surface area contributed by atoms with Crippen molar-refractivity contribution in [2.45, 2.75) is 18.6 Å². The van der Waals surface area contributed by atoms with Gasteiger partial charge in [0.25, 0.3) is 5.56 Å². The highest BCUT2D eigenvalue weighted by Gasteiger charge is 2.40. The minimum atomic E-state index is -0.694. The maximum Gasteiger partial charge on any atom is 0.307 e. The predicted octanol–water partition coefficient (Wildman–Crippen LogP) is 2.54. The first kappa shape index (κ1) is 19.8. The fraction of sp³-hybridized carbons (Fsp3) is 0.190. The van der Waals surface area contributed by atoms with Gasteiger partial charge in [-0.05, 0) is 31.2 Å². The smallest absolute Gasteiger partial charge is 0.307 e. The van der Waals surface area contributed by atoms with Gasteiger partial charge in [-0.25, -0.2) is 4.98 Å². The first-order valence-corrected chi connectivity index (χ1v) is 10.1. The number of anilines is 1. The molecule has 30 heavy (non-hydrogen) atoms. The van der Waals surface area contributed by atoms with Crippen molar-refractivity contribution in [1.29, 1.82) is 0 Å². The summed E-state index contributed by atoms with van der Waals surface area (Å²) in [5.41, 5.74) is 0.846. The number of thioether (sulfide) groups is 1. The Morgan fingerprint density at radius 3 is 2.57 bits per heavy atom. The molecule has 3 aromatic rings. The maximum absolute atomic E-state index is 13.1. The maximum atomic E-state index is 13.1. The number of aryl methyl sites for hydroxylation is 1. The molecule has 0 radical (unpaired) electrons. The number of para-hydroxylation sites is 2. The highest BCUT2D eigenvalue weighted by molar-refractivity contribution is 8.16. The molecule has 1 amide bonds. The first-order valence-electron chi connectivity index (χ1n) is 9.19. The van der Waals surface area contributed by atoms with Gasteiger partial charge in [-0.3, -0.25) is 19.3 Å². The van der Waals surface area contributed by atoms with Crippen LogP contribution in [0.4, 0.5) is 5.69 Å². The zero-order chi connectivity index (χ0) is 21.3. The van der Waals surface area contributed by atoms with E-state index in [1.807, 2.05) is 12.1 Å². The van der Waals surface area contributed by atoms with Crippen molar-refractivity contribution in [3.63, 3.8) is 0 Å². The highest BCUT2D eigenvalue weighted by atomic mass is 32.2. The third-order valence-corrected chi connectivity index (χ3v) is 5.76. The summed E-state index contributed by atoms with van der Waals surface area (Å²) in [6.07, 6.45) is -0.0911. The zero-order valence-corrected chi connectivity index (χ0v) is 17.1. The number of carbonyl (C=O) groups excluding carboxylic acids is 2. The largest absolute Gasteiger partial charge is 0.469 e. The van der Waals surface area contributed by atoms with E-state index in [9.17, 15) is 14.4 Å². The van der Waals surface area contributed by atoms with Crippen molar-refractivity contribution in [3.8, 4) is 0 Å². The first-order chi connectivity index (χ1) is 14.5.